The molecule has 1 aliphatic rings. The molecule has 0 aliphatic carbocycles. The smallest absolute Gasteiger partial charge is 0.324 e. The van der Waals surface area contributed by atoms with Crippen LogP contribution in [0.1, 0.15) is 39.1 Å². The fourth-order valence-corrected chi connectivity index (χ4v) is 3.48. The molecule has 0 unspecified atom stereocenters. The summed E-state index contributed by atoms with van der Waals surface area (Å²) in [5.41, 5.74) is -0.0507. The average Bonchev–Trinajstić information content (AvgIpc) is 3.37. The van der Waals surface area contributed by atoms with Gasteiger partial charge in [-0.1, -0.05) is 12.1 Å². The van der Waals surface area contributed by atoms with Gasteiger partial charge in [0.25, 0.3) is 11.8 Å². The van der Waals surface area contributed by atoms with Crippen molar-refractivity contribution in [3.63, 3.8) is 0 Å². The van der Waals surface area contributed by atoms with Gasteiger partial charge < -0.3 is 5.32 Å². The maximum Gasteiger partial charge on any atom is 0.416 e. The summed E-state index contributed by atoms with van der Waals surface area (Å²) in [7, 11) is 0. The predicted molar refractivity (Wildman–Crippen MR) is 108 cm³/mol. The SMILES string of the molecule is O=C(CCCN1C(=O)c2ccccc2C1=O)Nc1cc(C(F)(F)F)ccc1-n1cccn1. The van der Waals surface area contributed by atoms with Crippen LogP contribution in [-0.4, -0.2) is 38.9 Å². The van der Waals surface area contributed by atoms with E-state index in [-0.39, 0.29) is 30.8 Å². The monoisotopic (exact) mass is 442 g/mol. The Balaban J connectivity index is 1.43. The molecule has 4 rings (SSSR count). The molecule has 0 fully saturated rings. The van der Waals surface area contributed by atoms with Crippen LogP contribution in [0.15, 0.2) is 60.9 Å². The molecule has 0 radical (unpaired) electrons. The normalized spacial score (nSPS) is 13.4. The fourth-order valence-electron chi connectivity index (χ4n) is 3.48. The Bertz CT molecular complexity index is 1150. The zero-order valence-electron chi connectivity index (χ0n) is 16.6. The minimum atomic E-state index is -4.58. The third-order valence-electron chi connectivity index (χ3n) is 5.01. The summed E-state index contributed by atoms with van der Waals surface area (Å²) in [6.45, 7) is 0.0222. The Kier molecular flexibility index (Phi) is 5.52. The molecule has 1 aromatic heterocycles. The Morgan fingerprint density at radius 2 is 1.69 bits per heavy atom. The number of nitrogens with one attached hydrogen (secondary N) is 1. The molecule has 3 aromatic rings. The van der Waals surface area contributed by atoms with Crippen LogP contribution in [0.5, 0.6) is 0 Å². The van der Waals surface area contributed by atoms with Crippen molar-refractivity contribution in [2.24, 2.45) is 0 Å². The Labute approximate surface area is 180 Å². The van der Waals surface area contributed by atoms with Gasteiger partial charge >= 0.3 is 6.18 Å². The lowest BCUT2D eigenvalue weighted by Gasteiger charge is -2.16. The van der Waals surface area contributed by atoms with Crippen LogP contribution in [0.3, 0.4) is 0 Å². The van der Waals surface area contributed by atoms with E-state index < -0.39 is 29.5 Å². The van der Waals surface area contributed by atoms with Gasteiger partial charge in [0, 0.05) is 25.4 Å². The molecule has 0 bridgehead atoms. The third-order valence-corrected chi connectivity index (χ3v) is 5.01. The van der Waals surface area contributed by atoms with Crippen LogP contribution in [0, 0.1) is 0 Å². The van der Waals surface area contributed by atoms with Gasteiger partial charge in [0.1, 0.15) is 0 Å². The zero-order valence-corrected chi connectivity index (χ0v) is 16.6. The molecule has 1 N–H and O–H groups in total. The molecule has 0 saturated carbocycles. The number of amides is 3. The Morgan fingerprint density at radius 3 is 2.28 bits per heavy atom. The van der Waals surface area contributed by atoms with Crippen molar-refractivity contribution in [3.05, 3.63) is 77.6 Å². The molecule has 0 atom stereocenters. The van der Waals surface area contributed by atoms with Gasteiger partial charge in [0.15, 0.2) is 0 Å². The van der Waals surface area contributed by atoms with Gasteiger partial charge in [-0.3, -0.25) is 19.3 Å². The topological polar surface area (TPSA) is 84.3 Å². The highest BCUT2D eigenvalue weighted by molar-refractivity contribution is 6.21. The van der Waals surface area contributed by atoms with E-state index in [0.717, 1.165) is 17.0 Å². The van der Waals surface area contributed by atoms with E-state index in [1.807, 2.05) is 0 Å². The number of aromatic nitrogens is 2. The number of hydrogen-bond donors (Lipinski definition) is 1. The number of fused-ring (bicyclic) bond motifs is 1. The van der Waals surface area contributed by atoms with E-state index in [4.69, 9.17) is 0 Å². The number of benzene rings is 2. The second kappa shape index (κ2) is 8.29. The number of imide groups is 1. The highest BCUT2D eigenvalue weighted by Gasteiger charge is 2.35. The quantitative estimate of drug-likeness (QED) is 0.587. The van der Waals surface area contributed by atoms with Crippen molar-refractivity contribution in [1.82, 2.24) is 14.7 Å². The van der Waals surface area contributed by atoms with E-state index in [0.29, 0.717) is 11.1 Å². The molecule has 7 nitrogen and oxygen atoms in total. The van der Waals surface area contributed by atoms with E-state index >= 15 is 0 Å². The fraction of sp³-hybridized carbons (Fsp3) is 0.182. The van der Waals surface area contributed by atoms with Gasteiger partial charge in [0.05, 0.1) is 28.1 Å². The van der Waals surface area contributed by atoms with Gasteiger partial charge in [-0.25, -0.2) is 4.68 Å². The number of halogens is 3. The number of nitrogens with zero attached hydrogens (tertiary/aromatic N) is 3. The van der Waals surface area contributed by atoms with Gasteiger partial charge in [0.2, 0.25) is 5.91 Å². The molecule has 0 saturated heterocycles. The Morgan fingerprint density at radius 1 is 1.00 bits per heavy atom. The summed E-state index contributed by atoms with van der Waals surface area (Å²) in [6.07, 6.45) is -1.50. The molecule has 164 valence electrons. The number of carbonyl (C=O) groups is 3. The van der Waals surface area contributed by atoms with Gasteiger partial charge in [-0.15, -0.1) is 0 Å². The number of rotatable bonds is 6. The van der Waals surface area contributed by atoms with Crippen LogP contribution < -0.4 is 5.32 Å². The molecule has 2 aromatic carbocycles. The molecule has 0 spiro atoms. The molecule has 32 heavy (non-hydrogen) atoms. The summed E-state index contributed by atoms with van der Waals surface area (Å²) in [5.74, 6) is -1.40. The number of hydrogen-bond acceptors (Lipinski definition) is 4. The second-order valence-corrected chi connectivity index (χ2v) is 7.14. The highest BCUT2D eigenvalue weighted by atomic mass is 19.4. The average molecular weight is 442 g/mol. The standard InChI is InChI=1S/C22H17F3N4O3/c23-22(24,25)14-8-9-18(29-12-4-10-26-29)17(13-14)27-19(30)7-3-11-28-20(31)15-5-1-2-6-16(15)21(28)32/h1-2,4-6,8-10,12-13H,3,7,11H2,(H,27,30). The number of anilines is 1. The summed E-state index contributed by atoms with van der Waals surface area (Å²) < 4.78 is 40.8. The summed E-state index contributed by atoms with van der Waals surface area (Å²) >= 11 is 0. The lowest BCUT2D eigenvalue weighted by molar-refractivity contribution is -0.137. The largest absolute Gasteiger partial charge is 0.416 e. The van der Waals surface area contributed by atoms with E-state index in [1.165, 1.54) is 16.9 Å². The molecular weight excluding hydrogens is 425 g/mol. The van der Waals surface area contributed by atoms with Crippen molar-refractivity contribution >= 4 is 23.4 Å². The summed E-state index contributed by atoms with van der Waals surface area (Å²) in [6, 6.07) is 11.0. The van der Waals surface area contributed by atoms with Crippen molar-refractivity contribution in [1.29, 1.82) is 0 Å². The molecule has 10 heteroatoms. The highest BCUT2D eigenvalue weighted by Crippen LogP contribution is 2.33. The van der Waals surface area contributed by atoms with Crippen LogP contribution >= 0.6 is 0 Å². The molecular formula is C22H17F3N4O3. The first-order valence-electron chi connectivity index (χ1n) is 9.72. The van der Waals surface area contributed by atoms with Gasteiger partial charge in [-0.2, -0.15) is 18.3 Å². The first-order valence-corrected chi connectivity index (χ1v) is 9.72. The third kappa shape index (κ3) is 4.11. The second-order valence-electron chi connectivity index (χ2n) is 7.14. The molecule has 3 amide bonds. The van der Waals surface area contributed by atoms with Crippen LogP contribution in [0.4, 0.5) is 18.9 Å². The van der Waals surface area contributed by atoms with Crippen molar-refractivity contribution in [3.8, 4) is 5.69 Å². The minimum absolute atomic E-state index is 0.0222. The van der Waals surface area contributed by atoms with Crippen molar-refractivity contribution < 1.29 is 27.6 Å². The maximum absolute atomic E-state index is 13.1. The first kappa shape index (κ1) is 21.3. The zero-order chi connectivity index (χ0) is 22.9. The summed E-state index contributed by atoms with van der Waals surface area (Å²) in [5, 5.41) is 6.49. The Hall–Kier alpha value is -3.95. The van der Waals surface area contributed by atoms with E-state index in [2.05, 4.69) is 10.4 Å². The molecule has 2 heterocycles. The molecule has 1 aliphatic heterocycles. The summed E-state index contributed by atoms with van der Waals surface area (Å²) in [4.78, 5) is 38.2. The van der Waals surface area contributed by atoms with Gasteiger partial charge in [-0.05, 0) is 42.8 Å². The van der Waals surface area contributed by atoms with Crippen LogP contribution in [0.25, 0.3) is 5.69 Å². The maximum atomic E-state index is 13.1. The lowest BCUT2D eigenvalue weighted by atomic mass is 10.1. The van der Waals surface area contributed by atoms with E-state index in [9.17, 15) is 27.6 Å². The first-order chi connectivity index (χ1) is 15.3. The lowest BCUT2D eigenvalue weighted by Crippen LogP contribution is -2.31. The predicted octanol–water partition coefficient (Wildman–Crippen LogP) is 3.91. The number of alkyl halides is 3. The van der Waals surface area contributed by atoms with Crippen molar-refractivity contribution in [2.75, 3.05) is 11.9 Å². The minimum Gasteiger partial charge on any atom is -0.324 e. The van der Waals surface area contributed by atoms with Crippen molar-refractivity contribution in [2.45, 2.75) is 19.0 Å². The van der Waals surface area contributed by atoms with Crippen LogP contribution in [0.2, 0.25) is 0 Å². The number of carbonyl (C=O) groups excluding carboxylic acids is 3. The van der Waals surface area contributed by atoms with Crippen LogP contribution in [-0.2, 0) is 11.0 Å². The van der Waals surface area contributed by atoms with E-state index in [1.54, 1.807) is 36.5 Å².